The van der Waals surface area contributed by atoms with Crippen LogP contribution in [-0.2, 0) is 18.9 Å². The van der Waals surface area contributed by atoms with Crippen LogP contribution in [0.25, 0.3) is 11.1 Å². The molecule has 0 heterocycles. The molecule has 0 aromatic heterocycles. The molecule has 24 heavy (non-hydrogen) atoms. The van der Waals surface area contributed by atoms with E-state index in [9.17, 15) is 18.8 Å². The Kier molecular flexibility index (Phi) is 4.81. The number of hydrogen-bond donors (Lipinski definition) is 0. The molecule has 1 aliphatic rings. The average Bonchev–Trinajstić information content (AvgIpc) is 2.92. The molecule has 0 aliphatic heterocycles. The highest BCUT2D eigenvalue weighted by Crippen LogP contribution is 2.44. The predicted octanol–water partition coefficient (Wildman–Crippen LogP) is 2.81. The quantitative estimate of drug-likeness (QED) is 0.344. The lowest BCUT2D eigenvalue weighted by atomic mass is 9.98. The van der Waals surface area contributed by atoms with E-state index in [2.05, 4.69) is 9.37 Å². The Labute approximate surface area is 140 Å². The zero-order valence-electron chi connectivity index (χ0n) is 12.1. The Hall–Kier alpha value is -2.00. The summed E-state index contributed by atoms with van der Waals surface area (Å²) in [6, 6.07) is 15.0. The van der Waals surface area contributed by atoms with Crippen LogP contribution in [0, 0.1) is 0 Å². The molecule has 2 aromatic rings. The van der Waals surface area contributed by atoms with E-state index in [0.717, 1.165) is 22.3 Å². The standard InChI is InChI=1S/C16H12F2O5S/c17-16(18,24-23-22-20)15(19)21-9-14-12-7-3-1-5-10(12)11-6-2-4-8-13(11)14/h1-8,14,20H,9H2/p-1. The van der Waals surface area contributed by atoms with Crippen LogP contribution in [0.1, 0.15) is 17.0 Å². The van der Waals surface area contributed by atoms with Gasteiger partial charge in [0.15, 0.2) is 0 Å². The van der Waals surface area contributed by atoms with E-state index in [4.69, 9.17) is 4.74 Å². The van der Waals surface area contributed by atoms with Gasteiger partial charge in [0.2, 0.25) is 0 Å². The smallest absolute Gasteiger partial charge is 0.415 e. The van der Waals surface area contributed by atoms with Crippen molar-refractivity contribution in [2.75, 3.05) is 6.61 Å². The highest BCUT2D eigenvalue weighted by molar-refractivity contribution is 7.96. The number of esters is 1. The molecule has 0 spiro atoms. The van der Waals surface area contributed by atoms with E-state index in [1.807, 2.05) is 48.5 Å². The number of benzene rings is 2. The minimum absolute atomic E-state index is 0.249. The fourth-order valence-corrected chi connectivity index (χ4v) is 3.01. The molecule has 0 amide bonds. The molecule has 0 fully saturated rings. The molecule has 0 radical (unpaired) electrons. The number of carbonyl (C=O) groups is 1. The fourth-order valence-electron chi connectivity index (χ4n) is 2.77. The zero-order valence-corrected chi connectivity index (χ0v) is 12.9. The first kappa shape index (κ1) is 16.8. The van der Waals surface area contributed by atoms with Crippen LogP contribution in [0.3, 0.4) is 0 Å². The lowest BCUT2D eigenvalue weighted by Gasteiger charge is -2.17. The molecule has 0 atom stereocenters. The summed E-state index contributed by atoms with van der Waals surface area (Å²) in [6.45, 7) is -0.249. The van der Waals surface area contributed by atoms with Crippen molar-refractivity contribution in [1.82, 2.24) is 0 Å². The summed E-state index contributed by atoms with van der Waals surface area (Å²) >= 11 is -0.702. The molecule has 0 saturated carbocycles. The SMILES string of the molecule is O=C(OCC1c2ccccc2-c2ccccc21)C(F)(F)SOO[O-]. The summed E-state index contributed by atoms with van der Waals surface area (Å²) in [5.41, 5.74) is 3.78. The van der Waals surface area contributed by atoms with Crippen molar-refractivity contribution < 1.29 is 32.9 Å². The second-order valence-corrected chi connectivity index (χ2v) is 5.88. The van der Waals surface area contributed by atoms with E-state index in [1.54, 1.807) is 0 Å². The van der Waals surface area contributed by atoms with Crippen molar-refractivity contribution in [3.63, 3.8) is 0 Å². The van der Waals surface area contributed by atoms with Gasteiger partial charge in [-0.1, -0.05) is 48.5 Å². The highest BCUT2D eigenvalue weighted by atomic mass is 32.2. The molecule has 126 valence electrons. The van der Waals surface area contributed by atoms with Gasteiger partial charge in [0, 0.05) is 5.92 Å². The topological polar surface area (TPSA) is 67.8 Å². The first-order chi connectivity index (χ1) is 11.5. The van der Waals surface area contributed by atoms with Crippen LogP contribution in [0.5, 0.6) is 0 Å². The molecule has 5 nitrogen and oxygen atoms in total. The summed E-state index contributed by atoms with van der Waals surface area (Å²) in [4.78, 5) is 11.5. The van der Waals surface area contributed by atoms with Crippen molar-refractivity contribution in [1.29, 1.82) is 0 Å². The molecule has 0 bridgehead atoms. The van der Waals surface area contributed by atoms with E-state index >= 15 is 0 Å². The molecule has 0 unspecified atom stereocenters. The van der Waals surface area contributed by atoms with Crippen molar-refractivity contribution in [2.24, 2.45) is 0 Å². The zero-order chi connectivity index (χ0) is 17.2. The van der Waals surface area contributed by atoms with Gasteiger partial charge in [0.25, 0.3) is 0 Å². The van der Waals surface area contributed by atoms with Crippen molar-refractivity contribution in [3.05, 3.63) is 59.7 Å². The van der Waals surface area contributed by atoms with Crippen molar-refractivity contribution in [3.8, 4) is 11.1 Å². The fraction of sp³-hybridized carbons (Fsp3) is 0.188. The van der Waals surface area contributed by atoms with Crippen LogP contribution in [0.15, 0.2) is 48.5 Å². The third-order valence-corrected chi connectivity index (χ3v) is 4.25. The van der Waals surface area contributed by atoms with E-state index in [0.29, 0.717) is 0 Å². The van der Waals surface area contributed by atoms with Gasteiger partial charge in [0.05, 0.1) is 0 Å². The average molecular weight is 353 g/mol. The largest absolute Gasteiger partial charge is 0.691 e. The molecular weight excluding hydrogens is 342 g/mol. The molecule has 0 saturated heterocycles. The van der Waals surface area contributed by atoms with Crippen LogP contribution in [0.4, 0.5) is 8.78 Å². The highest BCUT2D eigenvalue weighted by Gasteiger charge is 2.44. The third-order valence-electron chi connectivity index (χ3n) is 3.75. The molecule has 2 aromatic carbocycles. The maximum absolute atomic E-state index is 13.4. The van der Waals surface area contributed by atoms with E-state index < -0.39 is 23.3 Å². The Morgan fingerprint density at radius 2 is 1.62 bits per heavy atom. The van der Waals surface area contributed by atoms with Crippen LogP contribution in [0.2, 0.25) is 0 Å². The number of rotatable bonds is 6. The number of hydrogen-bond acceptors (Lipinski definition) is 6. The molecular formula is C16H11F2O5S-. The van der Waals surface area contributed by atoms with Crippen LogP contribution in [-0.4, -0.2) is 17.8 Å². The van der Waals surface area contributed by atoms with Gasteiger partial charge >= 0.3 is 11.2 Å². The molecule has 0 N–H and O–H groups in total. The maximum atomic E-state index is 13.4. The summed E-state index contributed by atoms with van der Waals surface area (Å²) in [7, 11) is 0. The second kappa shape index (κ2) is 6.86. The number of alkyl halides is 2. The van der Waals surface area contributed by atoms with Gasteiger partial charge in [-0.05, 0) is 22.3 Å². The number of carbonyl (C=O) groups excluding carboxylic acids is 1. The van der Waals surface area contributed by atoms with Crippen molar-refractivity contribution >= 4 is 18.0 Å². The molecule has 8 heteroatoms. The lowest BCUT2D eigenvalue weighted by molar-refractivity contribution is -0.777. The second-order valence-electron chi connectivity index (χ2n) is 5.06. The van der Waals surface area contributed by atoms with Gasteiger partial charge in [-0.15, -0.1) is 0 Å². The third kappa shape index (κ3) is 3.13. The summed E-state index contributed by atoms with van der Waals surface area (Å²) in [5, 5.41) is 8.40. The van der Waals surface area contributed by atoms with E-state index in [-0.39, 0.29) is 12.5 Å². The van der Waals surface area contributed by atoms with Gasteiger partial charge in [-0.3, -0.25) is 5.04 Å². The van der Waals surface area contributed by atoms with Gasteiger partial charge < -0.3 is 9.99 Å². The number of fused-ring (bicyclic) bond motifs is 3. The maximum Gasteiger partial charge on any atom is 0.415 e. The Morgan fingerprint density at radius 3 is 2.17 bits per heavy atom. The first-order valence-corrected chi connectivity index (χ1v) is 7.66. The Bertz CT molecular complexity index is 707. The van der Waals surface area contributed by atoms with Gasteiger partial charge in [0.1, 0.15) is 18.6 Å². The molecule has 3 rings (SSSR count). The first-order valence-electron chi connectivity index (χ1n) is 6.92. The summed E-state index contributed by atoms with van der Waals surface area (Å²) in [5.74, 6) is -2.13. The Morgan fingerprint density at radius 1 is 1.08 bits per heavy atom. The van der Waals surface area contributed by atoms with Crippen LogP contribution < -0.4 is 5.26 Å². The predicted molar refractivity (Wildman–Crippen MR) is 79.4 cm³/mol. The van der Waals surface area contributed by atoms with Crippen LogP contribution >= 0.6 is 12.0 Å². The van der Waals surface area contributed by atoms with E-state index in [1.165, 1.54) is 0 Å². The minimum Gasteiger partial charge on any atom is -0.691 e. The normalized spacial score (nSPS) is 13.5. The minimum atomic E-state index is -4.04. The monoisotopic (exact) mass is 353 g/mol. The van der Waals surface area contributed by atoms with Crippen molar-refractivity contribution in [2.45, 2.75) is 11.2 Å². The number of halogens is 2. The lowest BCUT2D eigenvalue weighted by Crippen LogP contribution is -2.29. The van der Waals surface area contributed by atoms with Gasteiger partial charge in [-0.2, -0.15) is 13.1 Å². The van der Waals surface area contributed by atoms with Gasteiger partial charge in [-0.25, -0.2) is 4.79 Å². The number of ether oxygens (including phenoxy) is 1. The summed E-state index contributed by atoms with van der Waals surface area (Å²) < 4.78 is 35.1. The summed E-state index contributed by atoms with van der Waals surface area (Å²) in [6.07, 6.45) is 0. The molecule has 1 aliphatic carbocycles. The Balaban J connectivity index is 1.77.